The maximum absolute atomic E-state index is 12.4. The lowest BCUT2D eigenvalue weighted by Gasteiger charge is -2.18. The van der Waals surface area contributed by atoms with E-state index in [9.17, 15) is 4.79 Å². The molecule has 0 aliphatic carbocycles. The van der Waals surface area contributed by atoms with E-state index in [1.165, 1.54) is 11.3 Å². The summed E-state index contributed by atoms with van der Waals surface area (Å²) in [4.78, 5) is 18.9. The molecule has 134 valence electrons. The molecule has 0 atom stereocenters. The molecule has 0 radical (unpaired) electrons. The van der Waals surface area contributed by atoms with E-state index in [0.29, 0.717) is 21.4 Å². The molecule has 0 spiro atoms. The lowest BCUT2D eigenvalue weighted by atomic mass is 10.2. The van der Waals surface area contributed by atoms with Gasteiger partial charge in [0, 0.05) is 30.1 Å². The van der Waals surface area contributed by atoms with E-state index in [1.807, 2.05) is 54.7 Å². The average molecular weight is 406 g/mol. The first-order valence-corrected chi connectivity index (χ1v) is 9.53. The van der Waals surface area contributed by atoms with Gasteiger partial charge >= 0.3 is 0 Å². The zero-order chi connectivity index (χ0) is 18.7. The Balaban J connectivity index is 1.74. The van der Waals surface area contributed by atoms with E-state index >= 15 is 0 Å². The Morgan fingerprint density at radius 3 is 2.69 bits per heavy atom. The molecule has 3 rings (SSSR count). The Kier molecular flexibility index (Phi) is 5.81. The van der Waals surface area contributed by atoms with Gasteiger partial charge in [-0.1, -0.05) is 41.4 Å². The molecule has 0 fully saturated rings. The first kappa shape index (κ1) is 18.7. The highest BCUT2D eigenvalue weighted by molar-refractivity contribution is 7.13. The van der Waals surface area contributed by atoms with Crippen LogP contribution in [0, 0.1) is 0 Å². The molecule has 1 aromatic heterocycles. The zero-order valence-electron chi connectivity index (χ0n) is 14.3. The van der Waals surface area contributed by atoms with Gasteiger partial charge in [-0.3, -0.25) is 4.79 Å². The second-order valence-corrected chi connectivity index (χ2v) is 7.61. The van der Waals surface area contributed by atoms with Crippen LogP contribution in [0.25, 0.3) is 10.6 Å². The van der Waals surface area contributed by atoms with Crippen molar-refractivity contribution in [3.8, 4) is 10.6 Å². The summed E-state index contributed by atoms with van der Waals surface area (Å²) in [5, 5.41) is 6.81. The van der Waals surface area contributed by atoms with Gasteiger partial charge in [-0.15, -0.1) is 11.3 Å². The number of carbonyl (C=O) groups is 1. The van der Waals surface area contributed by atoms with Gasteiger partial charge in [0.2, 0.25) is 5.91 Å². The van der Waals surface area contributed by atoms with Gasteiger partial charge in [-0.05, 0) is 24.3 Å². The third-order valence-electron chi connectivity index (χ3n) is 3.71. The number of hydrogen-bond donors (Lipinski definition) is 1. The second kappa shape index (κ2) is 8.08. The molecule has 1 heterocycles. The van der Waals surface area contributed by atoms with Crippen LogP contribution >= 0.6 is 34.5 Å². The Morgan fingerprint density at radius 1 is 1.19 bits per heavy atom. The van der Waals surface area contributed by atoms with Gasteiger partial charge in [-0.25, -0.2) is 4.98 Å². The number of rotatable bonds is 5. The molecule has 1 amide bonds. The van der Waals surface area contributed by atoms with Crippen molar-refractivity contribution in [2.75, 3.05) is 24.3 Å². The minimum atomic E-state index is -0.147. The molecule has 0 saturated heterocycles. The summed E-state index contributed by atoms with van der Waals surface area (Å²) in [6, 6.07) is 12.9. The largest absolute Gasteiger partial charge is 0.376 e. The minimum absolute atomic E-state index is 0.147. The first-order valence-electron chi connectivity index (χ1n) is 7.90. The quantitative estimate of drug-likeness (QED) is 0.620. The summed E-state index contributed by atoms with van der Waals surface area (Å²) in [6.07, 6.45) is 0.181. The summed E-state index contributed by atoms with van der Waals surface area (Å²) < 4.78 is 0. The van der Waals surface area contributed by atoms with E-state index in [1.54, 1.807) is 12.1 Å². The van der Waals surface area contributed by atoms with Crippen LogP contribution in [0.4, 0.5) is 11.4 Å². The van der Waals surface area contributed by atoms with Crippen molar-refractivity contribution in [1.82, 2.24) is 4.98 Å². The average Bonchev–Trinajstić information content (AvgIpc) is 3.03. The van der Waals surface area contributed by atoms with Crippen molar-refractivity contribution in [3.05, 3.63) is 63.6 Å². The van der Waals surface area contributed by atoms with Crippen molar-refractivity contribution >= 4 is 51.8 Å². The summed E-state index contributed by atoms with van der Waals surface area (Å²) in [5.74, 6) is -0.147. The highest BCUT2D eigenvalue weighted by Gasteiger charge is 2.13. The fourth-order valence-corrected chi connectivity index (χ4v) is 3.82. The lowest BCUT2D eigenvalue weighted by molar-refractivity contribution is -0.115. The fourth-order valence-electron chi connectivity index (χ4n) is 2.50. The molecule has 26 heavy (non-hydrogen) atoms. The first-order chi connectivity index (χ1) is 12.4. The molecular weight excluding hydrogens is 389 g/mol. The number of benzene rings is 2. The van der Waals surface area contributed by atoms with Crippen LogP contribution in [0.5, 0.6) is 0 Å². The number of anilines is 2. The molecule has 0 aliphatic rings. The number of amides is 1. The van der Waals surface area contributed by atoms with Crippen LogP contribution in [0.1, 0.15) is 5.69 Å². The topological polar surface area (TPSA) is 45.2 Å². The number of aromatic nitrogens is 1. The zero-order valence-corrected chi connectivity index (χ0v) is 16.6. The molecule has 0 unspecified atom stereocenters. The normalized spacial score (nSPS) is 10.6. The predicted octanol–water partition coefficient (Wildman–Crippen LogP) is 5.36. The summed E-state index contributed by atoms with van der Waals surface area (Å²) in [6.45, 7) is 0. The molecular formula is C19H17Cl2N3OS. The molecule has 0 saturated carbocycles. The Morgan fingerprint density at radius 2 is 1.96 bits per heavy atom. The molecule has 4 nitrogen and oxygen atoms in total. The van der Waals surface area contributed by atoms with E-state index in [-0.39, 0.29) is 12.3 Å². The van der Waals surface area contributed by atoms with Crippen LogP contribution < -0.4 is 10.2 Å². The monoisotopic (exact) mass is 405 g/mol. The molecule has 0 bridgehead atoms. The number of halogens is 2. The number of nitrogens with zero attached hydrogens (tertiary/aromatic N) is 2. The summed E-state index contributed by atoms with van der Waals surface area (Å²) in [5.41, 5.74) is 3.14. The highest BCUT2D eigenvalue weighted by Crippen LogP contribution is 2.31. The molecule has 2 aromatic carbocycles. The molecule has 7 heteroatoms. The van der Waals surface area contributed by atoms with Crippen molar-refractivity contribution in [3.63, 3.8) is 0 Å². The van der Waals surface area contributed by atoms with Crippen LogP contribution in [0.2, 0.25) is 10.0 Å². The molecule has 1 N–H and O–H groups in total. The maximum Gasteiger partial charge on any atom is 0.230 e. The summed E-state index contributed by atoms with van der Waals surface area (Å²) in [7, 11) is 3.82. The van der Waals surface area contributed by atoms with E-state index in [0.717, 1.165) is 16.3 Å². The van der Waals surface area contributed by atoms with Gasteiger partial charge in [0.05, 0.1) is 28.5 Å². The van der Waals surface area contributed by atoms with Crippen molar-refractivity contribution in [2.24, 2.45) is 0 Å². The van der Waals surface area contributed by atoms with Crippen LogP contribution in [0.3, 0.4) is 0 Å². The van der Waals surface area contributed by atoms with Gasteiger partial charge in [0.25, 0.3) is 0 Å². The second-order valence-electron chi connectivity index (χ2n) is 5.90. The molecule has 0 aliphatic heterocycles. The number of nitrogens with one attached hydrogen (secondary N) is 1. The Labute approximate surface area is 166 Å². The predicted molar refractivity (Wildman–Crippen MR) is 111 cm³/mol. The lowest BCUT2D eigenvalue weighted by Crippen LogP contribution is -2.18. The standard InChI is InChI=1S/C19H17Cl2N3OS/c1-24(2)17-8-7-12(20)9-16(17)23-18(25)10-13-11-26-19(22-13)14-5-3-4-6-15(14)21/h3-9,11H,10H2,1-2H3,(H,23,25). The van der Waals surface area contributed by atoms with Crippen LogP contribution in [-0.2, 0) is 11.2 Å². The maximum atomic E-state index is 12.4. The van der Waals surface area contributed by atoms with Gasteiger partial charge in [0.15, 0.2) is 0 Å². The van der Waals surface area contributed by atoms with Crippen molar-refractivity contribution in [1.29, 1.82) is 0 Å². The van der Waals surface area contributed by atoms with Gasteiger partial charge in [-0.2, -0.15) is 0 Å². The third kappa shape index (κ3) is 4.36. The van der Waals surface area contributed by atoms with Gasteiger partial charge < -0.3 is 10.2 Å². The van der Waals surface area contributed by atoms with Crippen LogP contribution in [0.15, 0.2) is 47.8 Å². The third-order valence-corrected chi connectivity index (χ3v) is 5.20. The Hall–Kier alpha value is -2.08. The minimum Gasteiger partial charge on any atom is -0.376 e. The number of carbonyl (C=O) groups excluding carboxylic acids is 1. The molecule has 3 aromatic rings. The SMILES string of the molecule is CN(C)c1ccc(Cl)cc1NC(=O)Cc1csc(-c2ccccc2Cl)n1. The highest BCUT2D eigenvalue weighted by atomic mass is 35.5. The Bertz CT molecular complexity index is 940. The van der Waals surface area contributed by atoms with E-state index < -0.39 is 0 Å². The summed E-state index contributed by atoms with van der Waals surface area (Å²) >= 11 is 13.7. The van der Waals surface area contributed by atoms with Crippen LogP contribution in [-0.4, -0.2) is 25.0 Å². The fraction of sp³-hybridized carbons (Fsp3) is 0.158. The van der Waals surface area contributed by atoms with Crippen molar-refractivity contribution < 1.29 is 4.79 Å². The van der Waals surface area contributed by atoms with Gasteiger partial charge in [0.1, 0.15) is 5.01 Å². The number of hydrogen-bond acceptors (Lipinski definition) is 4. The van der Waals surface area contributed by atoms with E-state index in [4.69, 9.17) is 23.2 Å². The van der Waals surface area contributed by atoms with Crippen molar-refractivity contribution in [2.45, 2.75) is 6.42 Å². The van der Waals surface area contributed by atoms with E-state index in [2.05, 4.69) is 10.3 Å². The smallest absolute Gasteiger partial charge is 0.230 e. The number of thiazole rings is 1.